The lowest BCUT2D eigenvalue weighted by Gasteiger charge is -2.10. The molecule has 0 aliphatic heterocycles. The van der Waals surface area contributed by atoms with Gasteiger partial charge in [-0.1, -0.05) is 23.7 Å². The molecule has 0 aliphatic rings. The van der Waals surface area contributed by atoms with Gasteiger partial charge in [0.1, 0.15) is 16.7 Å². The van der Waals surface area contributed by atoms with Crippen LogP contribution < -0.4 is 14.8 Å². The summed E-state index contributed by atoms with van der Waals surface area (Å²) >= 11 is 5.87. The lowest BCUT2D eigenvalue weighted by atomic mass is 10.3. The van der Waals surface area contributed by atoms with E-state index in [1.807, 2.05) is 24.3 Å². The number of benzene rings is 1. The zero-order valence-electron chi connectivity index (χ0n) is 9.98. The summed E-state index contributed by atoms with van der Waals surface area (Å²) in [5, 5.41) is 3.40. The van der Waals surface area contributed by atoms with Crippen LogP contribution in [0.2, 0.25) is 5.15 Å². The maximum atomic E-state index is 5.87. The van der Waals surface area contributed by atoms with Crippen molar-refractivity contribution in [1.29, 1.82) is 0 Å². The Morgan fingerprint density at radius 2 is 1.89 bits per heavy atom. The predicted octanol–water partition coefficient (Wildman–Crippen LogP) is 2.89. The summed E-state index contributed by atoms with van der Waals surface area (Å²) in [7, 11) is 3.09. The van der Waals surface area contributed by atoms with Crippen LogP contribution in [-0.2, 0) is 0 Å². The topological polar surface area (TPSA) is 56.3 Å². The smallest absolute Gasteiger partial charge is 0.319 e. The van der Waals surface area contributed by atoms with Crippen LogP contribution in [0.1, 0.15) is 0 Å². The van der Waals surface area contributed by atoms with Crippen molar-refractivity contribution in [2.24, 2.45) is 0 Å². The molecule has 0 amide bonds. The molecule has 2 rings (SSSR count). The molecule has 0 radical (unpaired) electrons. The minimum atomic E-state index is 0.208. The highest BCUT2D eigenvalue weighted by Gasteiger charge is 2.06. The molecule has 1 heterocycles. The van der Waals surface area contributed by atoms with Crippen LogP contribution >= 0.6 is 11.6 Å². The van der Waals surface area contributed by atoms with E-state index in [2.05, 4.69) is 15.3 Å². The second-order valence-electron chi connectivity index (χ2n) is 3.39. The quantitative estimate of drug-likeness (QED) is 0.862. The molecule has 0 fully saturated rings. The van der Waals surface area contributed by atoms with E-state index in [-0.39, 0.29) is 6.01 Å². The van der Waals surface area contributed by atoms with E-state index in [4.69, 9.17) is 21.1 Å². The van der Waals surface area contributed by atoms with Gasteiger partial charge in [0.25, 0.3) is 0 Å². The SMILES string of the molecule is COc1nc(Cl)cc(Nc2ccccc2OC)n1. The van der Waals surface area contributed by atoms with E-state index in [9.17, 15) is 0 Å². The summed E-state index contributed by atoms with van der Waals surface area (Å²) in [5.41, 5.74) is 0.789. The monoisotopic (exact) mass is 265 g/mol. The van der Waals surface area contributed by atoms with Gasteiger partial charge in [0.05, 0.1) is 19.9 Å². The van der Waals surface area contributed by atoms with Gasteiger partial charge in [-0.25, -0.2) is 0 Å². The van der Waals surface area contributed by atoms with Crippen molar-refractivity contribution in [1.82, 2.24) is 9.97 Å². The molecule has 0 bridgehead atoms. The van der Waals surface area contributed by atoms with Crippen molar-refractivity contribution >= 4 is 23.1 Å². The van der Waals surface area contributed by atoms with Crippen LogP contribution in [0.5, 0.6) is 11.8 Å². The number of rotatable bonds is 4. The number of para-hydroxylation sites is 2. The van der Waals surface area contributed by atoms with Gasteiger partial charge >= 0.3 is 6.01 Å². The third-order valence-electron chi connectivity index (χ3n) is 2.23. The van der Waals surface area contributed by atoms with Crippen LogP contribution in [-0.4, -0.2) is 24.2 Å². The molecule has 18 heavy (non-hydrogen) atoms. The Morgan fingerprint density at radius 3 is 2.61 bits per heavy atom. The Kier molecular flexibility index (Phi) is 3.84. The average molecular weight is 266 g/mol. The molecule has 0 atom stereocenters. The number of nitrogens with one attached hydrogen (secondary N) is 1. The molecule has 1 aromatic heterocycles. The molecule has 1 aromatic carbocycles. The third-order valence-corrected chi connectivity index (χ3v) is 2.42. The molecule has 5 nitrogen and oxygen atoms in total. The van der Waals surface area contributed by atoms with Crippen molar-refractivity contribution in [2.75, 3.05) is 19.5 Å². The number of halogens is 1. The highest BCUT2D eigenvalue weighted by atomic mass is 35.5. The van der Waals surface area contributed by atoms with Gasteiger partial charge in [0, 0.05) is 6.07 Å². The fraction of sp³-hybridized carbons (Fsp3) is 0.167. The summed E-state index contributed by atoms with van der Waals surface area (Å²) in [5.74, 6) is 1.25. The van der Waals surface area contributed by atoms with Gasteiger partial charge in [0.2, 0.25) is 0 Å². The Labute approximate surface area is 110 Å². The lowest BCUT2D eigenvalue weighted by Crippen LogP contribution is -1.99. The number of methoxy groups -OCH3 is 2. The second-order valence-corrected chi connectivity index (χ2v) is 3.78. The van der Waals surface area contributed by atoms with Gasteiger partial charge in [-0.2, -0.15) is 9.97 Å². The standard InChI is InChI=1S/C12H12ClN3O2/c1-17-9-6-4-3-5-8(9)14-11-7-10(13)15-12(16-11)18-2/h3-7H,1-2H3,(H,14,15,16). The molecular formula is C12H12ClN3O2. The molecule has 0 unspecified atom stereocenters. The average Bonchev–Trinajstić information content (AvgIpc) is 2.38. The summed E-state index contributed by atoms with van der Waals surface area (Å²) in [6.07, 6.45) is 0. The van der Waals surface area contributed by atoms with Gasteiger partial charge in [-0.05, 0) is 12.1 Å². The maximum Gasteiger partial charge on any atom is 0.319 e. The summed E-state index contributed by atoms with van der Waals surface area (Å²) in [6.45, 7) is 0. The first-order valence-corrected chi connectivity index (χ1v) is 5.59. The van der Waals surface area contributed by atoms with E-state index in [0.29, 0.717) is 16.7 Å². The molecule has 94 valence electrons. The number of anilines is 2. The Hall–Kier alpha value is -2.01. The van der Waals surface area contributed by atoms with E-state index in [0.717, 1.165) is 5.69 Å². The minimum absolute atomic E-state index is 0.208. The molecule has 0 saturated carbocycles. The molecule has 0 saturated heterocycles. The molecule has 0 spiro atoms. The second kappa shape index (κ2) is 5.55. The fourth-order valence-electron chi connectivity index (χ4n) is 1.44. The van der Waals surface area contributed by atoms with Gasteiger partial charge < -0.3 is 14.8 Å². The van der Waals surface area contributed by atoms with E-state index in [1.54, 1.807) is 13.2 Å². The summed E-state index contributed by atoms with van der Waals surface area (Å²) < 4.78 is 10.2. The van der Waals surface area contributed by atoms with Crippen molar-refractivity contribution in [3.63, 3.8) is 0 Å². The zero-order valence-corrected chi connectivity index (χ0v) is 10.7. The summed E-state index contributed by atoms with van der Waals surface area (Å²) in [6, 6.07) is 9.32. The molecule has 2 aromatic rings. The van der Waals surface area contributed by atoms with Crippen molar-refractivity contribution in [3.05, 3.63) is 35.5 Å². The number of hydrogen-bond donors (Lipinski definition) is 1. The van der Waals surface area contributed by atoms with E-state index < -0.39 is 0 Å². The number of ether oxygens (including phenoxy) is 2. The third kappa shape index (κ3) is 2.81. The van der Waals surface area contributed by atoms with E-state index in [1.165, 1.54) is 7.11 Å². The maximum absolute atomic E-state index is 5.87. The van der Waals surface area contributed by atoms with E-state index >= 15 is 0 Å². The van der Waals surface area contributed by atoms with Crippen molar-refractivity contribution < 1.29 is 9.47 Å². The van der Waals surface area contributed by atoms with Gasteiger partial charge in [-0.15, -0.1) is 0 Å². The predicted molar refractivity (Wildman–Crippen MR) is 69.9 cm³/mol. The Bertz CT molecular complexity index is 549. The van der Waals surface area contributed by atoms with Crippen LogP contribution in [0, 0.1) is 0 Å². The first-order chi connectivity index (χ1) is 8.72. The first-order valence-electron chi connectivity index (χ1n) is 5.21. The zero-order chi connectivity index (χ0) is 13.0. The molecule has 1 N–H and O–H groups in total. The molecular weight excluding hydrogens is 254 g/mol. The largest absolute Gasteiger partial charge is 0.495 e. The lowest BCUT2D eigenvalue weighted by molar-refractivity contribution is 0.380. The first kappa shape index (κ1) is 12.4. The number of hydrogen-bond acceptors (Lipinski definition) is 5. The van der Waals surface area contributed by atoms with Crippen molar-refractivity contribution in [3.8, 4) is 11.8 Å². The molecule has 0 aliphatic carbocycles. The number of aromatic nitrogens is 2. The highest BCUT2D eigenvalue weighted by molar-refractivity contribution is 6.29. The van der Waals surface area contributed by atoms with Gasteiger partial charge in [0.15, 0.2) is 0 Å². The van der Waals surface area contributed by atoms with Gasteiger partial charge in [-0.3, -0.25) is 0 Å². The number of nitrogens with zero attached hydrogens (tertiary/aromatic N) is 2. The highest BCUT2D eigenvalue weighted by Crippen LogP contribution is 2.27. The Morgan fingerprint density at radius 1 is 1.11 bits per heavy atom. The Balaban J connectivity index is 2.30. The molecule has 6 heteroatoms. The fourth-order valence-corrected chi connectivity index (χ4v) is 1.61. The van der Waals surface area contributed by atoms with Crippen LogP contribution in [0.15, 0.2) is 30.3 Å². The van der Waals surface area contributed by atoms with Crippen LogP contribution in [0.3, 0.4) is 0 Å². The van der Waals surface area contributed by atoms with Crippen LogP contribution in [0.25, 0.3) is 0 Å². The summed E-state index contributed by atoms with van der Waals surface area (Å²) in [4.78, 5) is 8.04. The normalized spacial score (nSPS) is 9.94. The minimum Gasteiger partial charge on any atom is -0.495 e. The van der Waals surface area contributed by atoms with Crippen molar-refractivity contribution in [2.45, 2.75) is 0 Å². The van der Waals surface area contributed by atoms with Crippen LogP contribution in [0.4, 0.5) is 11.5 Å².